The van der Waals surface area contributed by atoms with Crippen LogP contribution in [0.4, 0.5) is 24.8 Å². The van der Waals surface area contributed by atoms with Crippen LogP contribution in [-0.4, -0.2) is 21.0 Å². The second kappa shape index (κ2) is 10.6. The van der Waals surface area contributed by atoms with E-state index in [9.17, 15) is 13.2 Å². The first-order valence-corrected chi connectivity index (χ1v) is 10.5. The summed E-state index contributed by atoms with van der Waals surface area (Å²) >= 11 is 11.2. The van der Waals surface area contributed by atoms with Gasteiger partial charge in [0.2, 0.25) is 11.9 Å². The largest absolute Gasteiger partial charge is 0.416 e. The Morgan fingerprint density at radius 2 is 1.58 bits per heavy atom. The van der Waals surface area contributed by atoms with E-state index in [0.717, 1.165) is 29.1 Å². The summed E-state index contributed by atoms with van der Waals surface area (Å²) in [6.45, 7) is 3.99. The minimum Gasteiger partial charge on any atom is -0.332 e. The lowest BCUT2D eigenvalue weighted by Crippen LogP contribution is -2.39. The van der Waals surface area contributed by atoms with Crippen molar-refractivity contribution >= 4 is 46.5 Å². The first kappa shape index (κ1) is 24.4. The zero-order valence-electron chi connectivity index (χ0n) is 17.7. The van der Waals surface area contributed by atoms with Crippen LogP contribution in [0.3, 0.4) is 0 Å². The van der Waals surface area contributed by atoms with E-state index >= 15 is 0 Å². The van der Waals surface area contributed by atoms with Crippen LogP contribution in [0.15, 0.2) is 59.6 Å². The highest BCUT2D eigenvalue weighted by Crippen LogP contribution is 2.29. The van der Waals surface area contributed by atoms with Crippen molar-refractivity contribution in [3.8, 4) is 0 Å². The van der Waals surface area contributed by atoms with E-state index in [2.05, 4.69) is 30.9 Å². The average Bonchev–Trinajstić information content (AvgIpc) is 2.72. The summed E-state index contributed by atoms with van der Waals surface area (Å²) in [6, 6.07) is 13.6. The van der Waals surface area contributed by atoms with Crippen molar-refractivity contribution in [2.24, 2.45) is 4.99 Å². The zero-order chi connectivity index (χ0) is 24.0. The number of hydrogen-bond donors (Lipinski definition) is 3. The van der Waals surface area contributed by atoms with Gasteiger partial charge in [-0.25, -0.2) is 15.0 Å². The van der Waals surface area contributed by atoms with Gasteiger partial charge in [0.15, 0.2) is 5.11 Å². The Morgan fingerprint density at radius 3 is 2.15 bits per heavy atom. The normalized spacial score (nSPS) is 11.8. The molecule has 0 fully saturated rings. The number of thiocarbonyl (C=S) groups is 1. The molecule has 0 atom stereocenters. The third-order valence-electron chi connectivity index (χ3n) is 4.25. The number of benzene rings is 2. The molecule has 11 heteroatoms. The Bertz CT molecular complexity index is 1130. The van der Waals surface area contributed by atoms with Gasteiger partial charge in [0.25, 0.3) is 0 Å². The number of halogens is 4. The molecule has 0 amide bonds. The maximum absolute atomic E-state index is 12.8. The number of rotatable bonds is 4. The monoisotopic (exact) mass is 492 g/mol. The van der Waals surface area contributed by atoms with Crippen molar-refractivity contribution in [3.63, 3.8) is 0 Å². The van der Waals surface area contributed by atoms with E-state index in [-0.39, 0.29) is 11.1 Å². The Labute approximate surface area is 199 Å². The van der Waals surface area contributed by atoms with Crippen LogP contribution in [0.2, 0.25) is 5.02 Å². The molecule has 3 rings (SSSR count). The van der Waals surface area contributed by atoms with Gasteiger partial charge in [-0.15, -0.1) is 0 Å². The van der Waals surface area contributed by atoms with Crippen LogP contribution in [0.25, 0.3) is 0 Å². The number of anilines is 2. The SMILES string of the molecule is Cc1cc(C)nc(NC(=NCc2ccc(Cl)cc2)NC(=S)Nc2ccc(C(F)(F)F)cc2)n1. The summed E-state index contributed by atoms with van der Waals surface area (Å²) in [5.41, 5.74) is 2.09. The molecule has 1 heterocycles. The van der Waals surface area contributed by atoms with Crippen molar-refractivity contribution in [1.82, 2.24) is 15.3 Å². The molecular weight excluding hydrogens is 473 g/mol. The first-order chi connectivity index (χ1) is 15.6. The van der Waals surface area contributed by atoms with Crippen molar-refractivity contribution in [1.29, 1.82) is 0 Å². The number of hydrogen-bond acceptors (Lipinski definition) is 4. The predicted octanol–water partition coefficient (Wildman–Crippen LogP) is 5.72. The third-order valence-corrected chi connectivity index (χ3v) is 4.70. The smallest absolute Gasteiger partial charge is 0.332 e. The molecule has 0 bridgehead atoms. The maximum atomic E-state index is 12.8. The summed E-state index contributed by atoms with van der Waals surface area (Å²) in [6.07, 6.45) is -4.41. The van der Waals surface area contributed by atoms with Crippen LogP contribution in [0, 0.1) is 13.8 Å². The quantitative estimate of drug-likeness (QED) is 0.246. The number of guanidine groups is 1. The molecule has 2 aromatic carbocycles. The molecule has 172 valence electrons. The van der Waals surface area contributed by atoms with E-state index in [4.69, 9.17) is 23.8 Å². The maximum Gasteiger partial charge on any atom is 0.416 e. The average molecular weight is 493 g/mol. The fraction of sp³-hybridized carbons (Fsp3) is 0.182. The third kappa shape index (κ3) is 7.69. The fourth-order valence-electron chi connectivity index (χ4n) is 2.77. The van der Waals surface area contributed by atoms with Gasteiger partial charge < -0.3 is 10.6 Å². The summed E-state index contributed by atoms with van der Waals surface area (Å²) < 4.78 is 38.3. The first-order valence-electron chi connectivity index (χ1n) is 9.72. The lowest BCUT2D eigenvalue weighted by atomic mass is 10.2. The van der Waals surface area contributed by atoms with Gasteiger partial charge in [0.05, 0.1) is 12.1 Å². The number of nitrogens with zero attached hydrogens (tertiary/aromatic N) is 3. The summed E-state index contributed by atoms with van der Waals surface area (Å²) in [4.78, 5) is 13.2. The number of nitrogens with one attached hydrogen (secondary N) is 3. The second-order valence-electron chi connectivity index (χ2n) is 7.04. The lowest BCUT2D eigenvalue weighted by molar-refractivity contribution is -0.137. The number of alkyl halides is 3. The van der Waals surface area contributed by atoms with Crippen LogP contribution in [0.1, 0.15) is 22.5 Å². The van der Waals surface area contributed by atoms with Crippen molar-refractivity contribution in [2.75, 3.05) is 10.6 Å². The summed E-state index contributed by atoms with van der Waals surface area (Å²) in [5, 5.41) is 9.49. The summed E-state index contributed by atoms with van der Waals surface area (Å²) in [7, 11) is 0. The topological polar surface area (TPSA) is 74.2 Å². The van der Waals surface area contributed by atoms with Gasteiger partial charge in [-0.1, -0.05) is 23.7 Å². The fourth-order valence-corrected chi connectivity index (χ4v) is 3.11. The van der Waals surface area contributed by atoms with Gasteiger partial charge in [-0.05, 0) is 74.1 Å². The highest BCUT2D eigenvalue weighted by atomic mass is 35.5. The van der Waals surface area contributed by atoms with Gasteiger partial charge in [-0.3, -0.25) is 5.32 Å². The Morgan fingerprint density at radius 1 is 0.970 bits per heavy atom. The van der Waals surface area contributed by atoms with Crippen molar-refractivity contribution < 1.29 is 13.2 Å². The summed E-state index contributed by atoms with van der Waals surface area (Å²) in [5.74, 6) is 0.589. The van der Waals surface area contributed by atoms with Crippen LogP contribution in [-0.2, 0) is 12.7 Å². The molecule has 1 aromatic heterocycles. The molecule has 33 heavy (non-hydrogen) atoms. The van der Waals surface area contributed by atoms with Crippen LogP contribution >= 0.6 is 23.8 Å². The molecule has 0 aliphatic heterocycles. The second-order valence-corrected chi connectivity index (χ2v) is 7.89. The molecule has 6 nitrogen and oxygen atoms in total. The molecule has 0 saturated carbocycles. The molecule has 0 spiro atoms. The molecule has 0 radical (unpaired) electrons. The van der Waals surface area contributed by atoms with Gasteiger partial charge >= 0.3 is 6.18 Å². The molecule has 0 unspecified atom stereocenters. The Hall–Kier alpha value is -3.24. The molecular formula is C22H20ClF3N6S. The van der Waals surface area contributed by atoms with Crippen LogP contribution < -0.4 is 16.0 Å². The van der Waals surface area contributed by atoms with E-state index < -0.39 is 11.7 Å². The minimum absolute atomic E-state index is 0.126. The van der Waals surface area contributed by atoms with E-state index in [0.29, 0.717) is 23.2 Å². The molecule has 0 aliphatic rings. The molecule has 3 N–H and O–H groups in total. The number of aromatic nitrogens is 2. The minimum atomic E-state index is -4.41. The van der Waals surface area contributed by atoms with Crippen molar-refractivity contribution in [3.05, 3.63) is 82.1 Å². The Balaban J connectivity index is 1.75. The van der Waals surface area contributed by atoms with Crippen LogP contribution in [0.5, 0.6) is 0 Å². The van der Waals surface area contributed by atoms with Gasteiger partial charge in [-0.2, -0.15) is 13.2 Å². The predicted molar refractivity (Wildman–Crippen MR) is 129 cm³/mol. The van der Waals surface area contributed by atoms with Crippen molar-refractivity contribution in [2.45, 2.75) is 26.6 Å². The standard InChI is InChI=1S/C22H20ClF3N6S/c1-13-11-14(2)29-20(28-13)31-19(27-12-15-3-7-17(23)8-4-15)32-21(33)30-18-9-5-16(6-10-18)22(24,25)26/h3-11H,12H2,1-2H3,(H3,27,28,29,30,31,32,33). The van der Waals surface area contributed by atoms with Gasteiger partial charge in [0.1, 0.15) is 0 Å². The van der Waals surface area contributed by atoms with E-state index in [1.165, 1.54) is 12.1 Å². The Kier molecular flexibility index (Phi) is 7.83. The number of aryl methyl sites for hydroxylation is 2. The lowest BCUT2D eigenvalue weighted by Gasteiger charge is -2.15. The van der Waals surface area contributed by atoms with E-state index in [1.807, 2.05) is 32.0 Å². The molecule has 0 saturated heterocycles. The zero-order valence-corrected chi connectivity index (χ0v) is 19.2. The highest BCUT2D eigenvalue weighted by Gasteiger charge is 2.29. The van der Waals surface area contributed by atoms with E-state index in [1.54, 1.807) is 12.1 Å². The number of aliphatic imine (C=N–C) groups is 1. The van der Waals surface area contributed by atoms with Gasteiger partial charge in [0, 0.05) is 22.1 Å². The highest BCUT2D eigenvalue weighted by molar-refractivity contribution is 7.80. The molecule has 3 aromatic rings. The molecule has 0 aliphatic carbocycles.